The first-order chi connectivity index (χ1) is 6.73. The zero-order valence-electron chi connectivity index (χ0n) is 7.49. The van der Waals surface area contributed by atoms with Crippen molar-refractivity contribution in [1.29, 1.82) is 0 Å². The van der Waals surface area contributed by atoms with Crippen LogP contribution in [0.2, 0.25) is 0 Å². The highest BCUT2D eigenvalue weighted by molar-refractivity contribution is 8.13. The SMILES string of the molecule is Cc1cc(C(=O)O)c(F)c(S(=O)(=O)Cl)c1. The number of carboxylic acid groups (broad SMARTS) is 1. The fourth-order valence-corrected chi connectivity index (χ4v) is 2.06. The van der Waals surface area contributed by atoms with Gasteiger partial charge in [-0.1, -0.05) is 0 Å². The summed E-state index contributed by atoms with van der Waals surface area (Å²) in [6.45, 7) is 1.44. The first-order valence-electron chi connectivity index (χ1n) is 3.71. The summed E-state index contributed by atoms with van der Waals surface area (Å²) in [7, 11) is 0.674. The molecule has 82 valence electrons. The zero-order chi connectivity index (χ0) is 11.8. The van der Waals surface area contributed by atoms with Gasteiger partial charge in [-0.05, 0) is 24.6 Å². The van der Waals surface area contributed by atoms with Crippen molar-refractivity contribution < 1.29 is 22.7 Å². The summed E-state index contributed by atoms with van der Waals surface area (Å²) in [5, 5.41) is 8.60. The van der Waals surface area contributed by atoms with Gasteiger partial charge in [0, 0.05) is 10.7 Å². The van der Waals surface area contributed by atoms with Crippen molar-refractivity contribution in [2.45, 2.75) is 11.8 Å². The summed E-state index contributed by atoms with van der Waals surface area (Å²) in [4.78, 5) is 9.76. The minimum atomic E-state index is -4.28. The molecule has 0 aliphatic rings. The summed E-state index contributed by atoms with van der Waals surface area (Å²) in [5.74, 6) is -2.89. The van der Waals surface area contributed by atoms with Gasteiger partial charge in [0.25, 0.3) is 9.05 Å². The van der Waals surface area contributed by atoms with Crippen LogP contribution < -0.4 is 0 Å². The van der Waals surface area contributed by atoms with E-state index < -0.39 is 31.3 Å². The van der Waals surface area contributed by atoms with Gasteiger partial charge in [-0.3, -0.25) is 0 Å². The van der Waals surface area contributed by atoms with E-state index in [0.717, 1.165) is 12.1 Å². The lowest BCUT2D eigenvalue weighted by atomic mass is 10.1. The van der Waals surface area contributed by atoms with Gasteiger partial charge in [0.15, 0.2) is 5.82 Å². The van der Waals surface area contributed by atoms with Gasteiger partial charge >= 0.3 is 5.97 Å². The highest BCUT2D eigenvalue weighted by Gasteiger charge is 2.22. The van der Waals surface area contributed by atoms with E-state index in [1.165, 1.54) is 6.92 Å². The van der Waals surface area contributed by atoms with Crippen molar-refractivity contribution in [3.8, 4) is 0 Å². The van der Waals surface area contributed by atoms with E-state index in [-0.39, 0.29) is 0 Å². The first-order valence-corrected chi connectivity index (χ1v) is 6.02. The van der Waals surface area contributed by atoms with E-state index >= 15 is 0 Å². The van der Waals surface area contributed by atoms with E-state index in [1.54, 1.807) is 0 Å². The lowest BCUT2D eigenvalue weighted by molar-refractivity contribution is 0.0691. The number of hydrogen-bond acceptors (Lipinski definition) is 3. The monoisotopic (exact) mass is 252 g/mol. The average molecular weight is 253 g/mol. The van der Waals surface area contributed by atoms with E-state index in [0.29, 0.717) is 5.56 Å². The molecule has 0 aliphatic carbocycles. The Balaban J connectivity index is 3.63. The topological polar surface area (TPSA) is 71.4 Å². The van der Waals surface area contributed by atoms with Crippen LogP contribution in [0.1, 0.15) is 15.9 Å². The Morgan fingerprint density at radius 2 is 2.00 bits per heavy atom. The number of hydrogen-bond donors (Lipinski definition) is 1. The van der Waals surface area contributed by atoms with Crippen molar-refractivity contribution in [3.63, 3.8) is 0 Å². The van der Waals surface area contributed by atoms with Gasteiger partial charge in [-0.15, -0.1) is 0 Å². The second kappa shape index (κ2) is 3.79. The normalized spacial score (nSPS) is 11.4. The van der Waals surface area contributed by atoms with Gasteiger partial charge in [0.2, 0.25) is 0 Å². The lowest BCUT2D eigenvalue weighted by Crippen LogP contribution is -2.06. The fraction of sp³-hybridized carbons (Fsp3) is 0.125. The molecule has 0 radical (unpaired) electrons. The van der Waals surface area contributed by atoms with Crippen LogP contribution in [0, 0.1) is 12.7 Å². The molecule has 1 aromatic rings. The van der Waals surface area contributed by atoms with E-state index in [9.17, 15) is 17.6 Å². The van der Waals surface area contributed by atoms with Gasteiger partial charge in [0.1, 0.15) is 4.90 Å². The number of benzene rings is 1. The van der Waals surface area contributed by atoms with Crippen molar-refractivity contribution in [2.75, 3.05) is 0 Å². The Morgan fingerprint density at radius 3 is 2.40 bits per heavy atom. The molecule has 7 heteroatoms. The van der Waals surface area contributed by atoms with Gasteiger partial charge in [0.05, 0.1) is 5.56 Å². The lowest BCUT2D eigenvalue weighted by Gasteiger charge is -2.04. The molecule has 0 saturated heterocycles. The fourth-order valence-electron chi connectivity index (χ4n) is 1.07. The Labute approximate surface area is 89.7 Å². The summed E-state index contributed by atoms with van der Waals surface area (Å²) >= 11 is 0. The maximum absolute atomic E-state index is 13.4. The minimum absolute atomic E-state index is 0.299. The van der Waals surface area contributed by atoms with Crippen LogP contribution in [0.4, 0.5) is 4.39 Å². The van der Waals surface area contributed by atoms with Crippen LogP contribution in [0.3, 0.4) is 0 Å². The number of carboxylic acids is 1. The third kappa shape index (κ3) is 2.45. The molecule has 0 heterocycles. The molecule has 0 fully saturated rings. The quantitative estimate of drug-likeness (QED) is 0.814. The molecule has 0 saturated carbocycles. The molecule has 0 bridgehead atoms. The number of aryl methyl sites for hydroxylation is 1. The smallest absolute Gasteiger partial charge is 0.338 e. The standard InChI is InChI=1S/C8H6ClFO4S/c1-4-2-5(8(11)12)7(10)6(3-4)15(9,13)14/h2-3H,1H3,(H,11,12). The largest absolute Gasteiger partial charge is 0.478 e. The molecule has 0 amide bonds. The maximum atomic E-state index is 13.4. The second-order valence-electron chi connectivity index (χ2n) is 2.87. The summed E-state index contributed by atoms with van der Waals surface area (Å²) in [6, 6.07) is 2.01. The minimum Gasteiger partial charge on any atom is -0.478 e. The zero-order valence-corrected chi connectivity index (χ0v) is 9.06. The molecule has 1 aromatic carbocycles. The average Bonchev–Trinajstić information content (AvgIpc) is 2.06. The Hall–Kier alpha value is -1.14. The second-order valence-corrected chi connectivity index (χ2v) is 5.40. The van der Waals surface area contributed by atoms with Crippen molar-refractivity contribution >= 4 is 25.7 Å². The third-order valence-corrected chi connectivity index (χ3v) is 3.00. The van der Waals surface area contributed by atoms with Crippen LogP contribution in [-0.4, -0.2) is 19.5 Å². The predicted octanol–water partition coefficient (Wildman–Crippen LogP) is 1.76. The molecule has 0 atom stereocenters. The number of halogens is 2. The van der Waals surface area contributed by atoms with Crippen LogP contribution in [-0.2, 0) is 9.05 Å². The van der Waals surface area contributed by atoms with Crippen LogP contribution >= 0.6 is 10.7 Å². The maximum Gasteiger partial charge on any atom is 0.338 e. The van der Waals surface area contributed by atoms with Gasteiger partial charge in [-0.2, -0.15) is 0 Å². The Morgan fingerprint density at radius 1 is 1.47 bits per heavy atom. The first kappa shape index (κ1) is 11.9. The van der Waals surface area contributed by atoms with Crippen molar-refractivity contribution in [3.05, 3.63) is 29.1 Å². The molecular formula is C8H6ClFO4S. The van der Waals surface area contributed by atoms with Crippen molar-refractivity contribution in [2.24, 2.45) is 0 Å². The molecular weight excluding hydrogens is 247 g/mol. The Bertz CT molecular complexity index is 524. The number of aromatic carboxylic acids is 1. The predicted molar refractivity (Wildman–Crippen MR) is 51.1 cm³/mol. The molecule has 0 spiro atoms. The van der Waals surface area contributed by atoms with Crippen LogP contribution in [0.15, 0.2) is 17.0 Å². The van der Waals surface area contributed by atoms with Crippen molar-refractivity contribution in [1.82, 2.24) is 0 Å². The highest BCUT2D eigenvalue weighted by atomic mass is 35.7. The third-order valence-electron chi connectivity index (χ3n) is 1.68. The van der Waals surface area contributed by atoms with Crippen LogP contribution in [0.5, 0.6) is 0 Å². The molecule has 0 unspecified atom stereocenters. The van der Waals surface area contributed by atoms with E-state index in [1.807, 2.05) is 0 Å². The molecule has 1 rings (SSSR count). The summed E-state index contributed by atoms with van der Waals surface area (Å²) in [6.07, 6.45) is 0. The molecule has 15 heavy (non-hydrogen) atoms. The highest BCUT2D eigenvalue weighted by Crippen LogP contribution is 2.23. The van der Waals surface area contributed by atoms with Gasteiger partial charge < -0.3 is 5.11 Å². The molecule has 1 N–H and O–H groups in total. The molecule has 0 aliphatic heterocycles. The molecule has 4 nitrogen and oxygen atoms in total. The summed E-state index contributed by atoms with van der Waals surface area (Å²) < 4.78 is 35.2. The van der Waals surface area contributed by atoms with E-state index in [4.69, 9.17) is 15.8 Å². The molecule has 0 aromatic heterocycles. The summed E-state index contributed by atoms with van der Waals surface area (Å²) in [5.41, 5.74) is -0.415. The van der Waals surface area contributed by atoms with Crippen LogP contribution in [0.25, 0.3) is 0 Å². The number of rotatable bonds is 2. The Kier molecular flexibility index (Phi) is 3.01. The number of carbonyl (C=O) groups is 1. The van der Waals surface area contributed by atoms with E-state index in [2.05, 4.69) is 0 Å². The van der Waals surface area contributed by atoms with Gasteiger partial charge in [-0.25, -0.2) is 17.6 Å².